The van der Waals surface area contributed by atoms with Gasteiger partial charge in [0.15, 0.2) is 16.5 Å². The number of ether oxygens (including phenoxy) is 1. The predicted octanol–water partition coefficient (Wildman–Crippen LogP) is 4.87. The molecule has 1 saturated heterocycles. The molecule has 1 fully saturated rings. The van der Waals surface area contributed by atoms with E-state index in [4.69, 9.17) is 23.5 Å². The molecule has 1 N–H and O–H groups in total. The molecule has 1 aliphatic rings. The Morgan fingerprint density at radius 3 is 2.75 bits per heavy atom. The molecule has 0 unspecified atom stereocenters. The fraction of sp³-hybridized carbons (Fsp3) is 0.240. The number of anilines is 2. The molecule has 0 atom stereocenters. The van der Waals surface area contributed by atoms with Gasteiger partial charge in [-0.2, -0.15) is 4.98 Å². The lowest BCUT2D eigenvalue weighted by Gasteiger charge is -2.37. The predicted molar refractivity (Wildman–Crippen MR) is 135 cm³/mol. The first kappa shape index (κ1) is 22.4. The van der Waals surface area contributed by atoms with E-state index < -0.39 is 5.91 Å². The Morgan fingerprint density at radius 1 is 1.11 bits per heavy atom. The monoisotopic (exact) mass is 502 g/mol. The van der Waals surface area contributed by atoms with Crippen LogP contribution in [0.15, 0.2) is 63.6 Å². The van der Waals surface area contributed by atoms with E-state index in [0.29, 0.717) is 47.1 Å². The summed E-state index contributed by atoms with van der Waals surface area (Å²) in [5.41, 5.74) is 2.17. The second-order valence-corrected chi connectivity index (χ2v) is 9.92. The molecule has 0 spiro atoms. The van der Waals surface area contributed by atoms with Crippen molar-refractivity contribution in [3.05, 3.63) is 60.4 Å². The quantitative estimate of drug-likeness (QED) is 0.359. The minimum Gasteiger partial charge on any atom is -0.459 e. The molecular weight excluding hydrogens is 480 g/mol. The third kappa shape index (κ3) is 4.34. The van der Waals surface area contributed by atoms with E-state index in [-0.39, 0.29) is 17.5 Å². The molecule has 36 heavy (non-hydrogen) atoms. The number of rotatable bonds is 5. The number of benzene rings is 1. The smallest absolute Gasteiger partial charge is 0.322 e. The van der Waals surface area contributed by atoms with Gasteiger partial charge in [-0.25, -0.2) is 4.98 Å². The van der Waals surface area contributed by atoms with Gasteiger partial charge in [0.2, 0.25) is 0 Å². The lowest BCUT2D eigenvalue weighted by Crippen LogP contribution is -2.48. The summed E-state index contributed by atoms with van der Waals surface area (Å²) in [5, 5.41) is 11.4. The molecule has 1 aromatic carbocycles. The van der Waals surface area contributed by atoms with Crippen molar-refractivity contribution in [2.45, 2.75) is 19.4 Å². The largest absolute Gasteiger partial charge is 0.459 e. The zero-order valence-electron chi connectivity index (χ0n) is 19.6. The number of amides is 1. The minimum absolute atomic E-state index is 0.0303. The zero-order chi connectivity index (χ0) is 24.7. The van der Waals surface area contributed by atoms with E-state index in [1.165, 1.54) is 17.6 Å². The molecule has 6 rings (SSSR count). The van der Waals surface area contributed by atoms with Crippen LogP contribution in [0.3, 0.4) is 0 Å². The first-order valence-corrected chi connectivity index (χ1v) is 12.2. The van der Waals surface area contributed by atoms with Crippen LogP contribution in [0.2, 0.25) is 0 Å². The van der Waals surface area contributed by atoms with Gasteiger partial charge in [0.05, 0.1) is 34.4 Å². The van der Waals surface area contributed by atoms with Crippen molar-refractivity contribution in [1.82, 2.24) is 20.2 Å². The third-order valence-corrected chi connectivity index (χ3v) is 6.88. The van der Waals surface area contributed by atoms with Gasteiger partial charge < -0.3 is 18.5 Å². The number of fused-ring (bicyclic) bond motifs is 1. The highest BCUT2D eigenvalue weighted by molar-refractivity contribution is 7.22. The van der Waals surface area contributed by atoms with Crippen LogP contribution in [0.25, 0.3) is 33.3 Å². The number of nitrogens with one attached hydrogen (secondary N) is 1. The molecule has 0 bridgehead atoms. The van der Waals surface area contributed by atoms with Crippen LogP contribution in [-0.2, 0) is 4.74 Å². The number of hydrogen-bond acceptors (Lipinski definition) is 10. The number of aromatic nitrogens is 4. The second-order valence-electron chi connectivity index (χ2n) is 8.94. The van der Waals surface area contributed by atoms with Crippen molar-refractivity contribution in [1.29, 1.82) is 0 Å². The van der Waals surface area contributed by atoms with E-state index in [1.54, 1.807) is 18.2 Å². The summed E-state index contributed by atoms with van der Waals surface area (Å²) in [7, 11) is 0. The topological polar surface area (TPSA) is 119 Å². The highest BCUT2D eigenvalue weighted by atomic mass is 32.1. The Balaban J connectivity index is 1.38. The fourth-order valence-corrected chi connectivity index (χ4v) is 5.12. The van der Waals surface area contributed by atoms with E-state index in [2.05, 4.69) is 34.3 Å². The van der Waals surface area contributed by atoms with Gasteiger partial charge >= 0.3 is 6.01 Å². The normalized spacial score (nSPS) is 15.3. The van der Waals surface area contributed by atoms with Crippen molar-refractivity contribution in [2.75, 3.05) is 29.9 Å². The van der Waals surface area contributed by atoms with Crippen LogP contribution < -0.4 is 10.2 Å². The van der Waals surface area contributed by atoms with Crippen molar-refractivity contribution < 1.29 is 18.4 Å². The van der Waals surface area contributed by atoms with Gasteiger partial charge in [-0.3, -0.25) is 10.1 Å². The first-order valence-electron chi connectivity index (χ1n) is 11.4. The van der Waals surface area contributed by atoms with Crippen molar-refractivity contribution in [3.8, 4) is 22.9 Å². The van der Waals surface area contributed by atoms with Gasteiger partial charge in [0.25, 0.3) is 11.8 Å². The molecule has 0 aliphatic carbocycles. The summed E-state index contributed by atoms with van der Waals surface area (Å²) in [6.07, 6.45) is 1.51. The molecular formula is C25H22N6O4S. The number of furan rings is 1. The molecule has 5 heterocycles. The molecule has 1 aliphatic heterocycles. The number of thiazole rings is 1. The summed E-state index contributed by atoms with van der Waals surface area (Å²) < 4.78 is 17.4. The standard InChI is InChI=1S/C25H22N6O4S/c1-25(2)14-31(10-12-34-25)24-27-20-19(36-24)16(13-17(26-20)15-7-4-3-5-8-15)21(32)28-23-30-29-22(35-23)18-9-6-11-33-18/h3-9,11,13H,10,12,14H2,1-2H3,(H,28,30,32). The molecule has 182 valence electrons. The minimum atomic E-state index is -0.397. The van der Waals surface area contributed by atoms with E-state index in [1.807, 2.05) is 30.3 Å². The number of carbonyl (C=O) groups is 1. The van der Waals surface area contributed by atoms with E-state index in [9.17, 15) is 4.79 Å². The van der Waals surface area contributed by atoms with E-state index >= 15 is 0 Å². The highest BCUT2D eigenvalue weighted by Crippen LogP contribution is 2.35. The third-order valence-electron chi connectivity index (χ3n) is 5.74. The average molecular weight is 503 g/mol. The maximum Gasteiger partial charge on any atom is 0.322 e. The summed E-state index contributed by atoms with van der Waals surface area (Å²) in [6, 6.07) is 14.8. The lowest BCUT2D eigenvalue weighted by molar-refractivity contribution is -0.0276. The summed E-state index contributed by atoms with van der Waals surface area (Å²) in [6.45, 7) is 6.12. The van der Waals surface area contributed by atoms with Crippen molar-refractivity contribution >= 4 is 38.7 Å². The number of morpholine rings is 1. The van der Waals surface area contributed by atoms with Gasteiger partial charge in [0.1, 0.15) is 0 Å². The molecule has 11 heteroatoms. The second kappa shape index (κ2) is 8.85. The highest BCUT2D eigenvalue weighted by Gasteiger charge is 2.30. The van der Waals surface area contributed by atoms with Crippen molar-refractivity contribution in [2.24, 2.45) is 0 Å². The van der Waals surface area contributed by atoms with Crippen LogP contribution in [-0.4, -0.2) is 51.4 Å². The molecule has 4 aromatic heterocycles. The number of nitrogens with zero attached hydrogens (tertiary/aromatic N) is 5. The molecule has 0 radical (unpaired) electrons. The summed E-state index contributed by atoms with van der Waals surface area (Å²) in [4.78, 5) is 25.2. The van der Waals surface area contributed by atoms with Crippen LogP contribution in [0, 0.1) is 0 Å². The van der Waals surface area contributed by atoms with E-state index in [0.717, 1.165) is 10.7 Å². The molecule has 0 saturated carbocycles. The molecule has 5 aromatic rings. The maximum absolute atomic E-state index is 13.5. The number of pyridine rings is 1. The zero-order valence-corrected chi connectivity index (χ0v) is 20.4. The van der Waals surface area contributed by atoms with Crippen LogP contribution >= 0.6 is 11.3 Å². The summed E-state index contributed by atoms with van der Waals surface area (Å²) >= 11 is 1.43. The Kier molecular flexibility index (Phi) is 5.50. The Bertz CT molecular complexity index is 1530. The maximum atomic E-state index is 13.5. The lowest BCUT2D eigenvalue weighted by atomic mass is 10.1. The molecule has 1 amide bonds. The van der Waals surface area contributed by atoms with Gasteiger partial charge in [0, 0.05) is 18.7 Å². The van der Waals surface area contributed by atoms with Gasteiger partial charge in [-0.15, -0.1) is 5.10 Å². The number of hydrogen-bond donors (Lipinski definition) is 1. The van der Waals surface area contributed by atoms with Gasteiger partial charge in [-0.05, 0) is 32.0 Å². The van der Waals surface area contributed by atoms with Crippen molar-refractivity contribution in [3.63, 3.8) is 0 Å². The Labute approximate surface area is 209 Å². The Hall–Kier alpha value is -4.09. The van der Waals surface area contributed by atoms with Crippen LogP contribution in [0.1, 0.15) is 24.2 Å². The number of carbonyl (C=O) groups excluding carboxylic acids is 1. The van der Waals surface area contributed by atoms with Crippen LogP contribution in [0.4, 0.5) is 11.1 Å². The SMILES string of the molecule is CC1(C)CN(c2nc3nc(-c4ccccc4)cc(C(=O)Nc4nnc(-c5ccco5)o4)c3s2)CCO1. The molecule has 10 nitrogen and oxygen atoms in total. The average Bonchev–Trinajstić information content (AvgIpc) is 3.63. The first-order chi connectivity index (χ1) is 17.4. The van der Waals surface area contributed by atoms with Crippen LogP contribution in [0.5, 0.6) is 0 Å². The summed E-state index contributed by atoms with van der Waals surface area (Å²) in [5.74, 6) is 0.197. The van der Waals surface area contributed by atoms with Gasteiger partial charge in [-0.1, -0.05) is 46.8 Å². The fourth-order valence-electron chi connectivity index (χ4n) is 4.08. The Morgan fingerprint density at radius 2 is 1.97 bits per heavy atom.